The second-order valence-corrected chi connectivity index (χ2v) is 4.24. The number of allylic oxidation sites excluding steroid dienone is 3. The first-order chi connectivity index (χ1) is 4.64. The van der Waals surface area contributed by atoms with E-state index in [1.807, 2.05) is 11.8 Å². The van der Waals surface area contributed by atoms with Crippen LogP contribution in [0.25, 0.3) is 0 Å². The molecule has 0 N–H and O–H groups in total. The van der Waals surface area contributed by atoms with Crippen molar-refractivity contribution in [2.45, 2.75) is 27.2 Å². The monoisotopic (exact) mass is 154 g/mol. The van der Waals surface area contributed by atoms with Crippen LogP contribution in [0.5, 0.6) is 0 Å². The van der Waals surface area contributed by atoms with Crippen molar-refractivity contribution < 1.29 is 0 Å². The van der Waals surface area contributed by atoms with Crippen LogP contribution in [0.2, 0.25) is 0 Å². The van der Waals surface area contributed by atoms with Gasteiger partial charge in [0.05, 0.1) is 0 Å². The zero-order valence-corrected chi connectivity index (χ0v) is 7.66. The van der Waals surface area contributed by atoms with Crippen LogP contribution < -0.4 is 0 Å². The van der Waals surface area contributed by atoms with E-state index < -0.39 is 0 Å². The van der Waals surface area contributed by atoms with Gasteiger partial charge in [-0.1, -0.05) is 32.9 Å². The van der Waals surface area contributed by atoms with Crippen LogP contribution in [0, 0.1) is 5.41 Å². The zero-order valence-electron chi connectivity index (χ0n) is 6.85. The molecule has 0 aromatic carbocycles. The summed E-state index contributed by atoms with van der Waals surface area (Å²) >= 11 is 1.85. The maximum Gasteiger partial charge on any atom is 0.00236 e. The first-order valence-corrected chi connectivity index (χ1v) is 4.58. The normalized spacial score (nSPS) is 22.5. The molecule has 1 aliphatic rings. The van der Waals surface area contributed by atoms with Crippen LogP contribution in [0.4, 0.5) is 0 Å². The molecular formula is C9H14S. The summed E-state index contributed by atoms with van der Waals surface area (Å²) in [5.41, 5.74) is 0.288. The highest BCUT2D eigenvalue weighted by Gasteiger charge is 2.14. The second kappa shape index (κ2) is 2.83. The topological polar surface area (TPSA) is 0 Å². The molecule has 0 unspecified atom stereocenters. The second-order valence-electron chi connectivity index (χ2n) is 3.21. The van der Waals surface area contributed by atoms with E-state index >= 15 is 0 Å². The van der Waals surface area contributed by atoms with Crippen molar-refractivity contribution in [2.75, 3.05) is 0 Å². The standard InChI is InChI=1S/C9H14S/c1-4-8-7-9(2,3)5-6-10-8/h5-7H,4H2,1-3H3. The Kier molecular flexibility index (Phi) is 2.24. The van der Waals surface area contributed by atoms with Gasteiger partial charge in [0.25, 0.3) is 0 Å². The molecule has 0 nitrogen and oxygen atoms in total. The summed E-state index contributed by atoms with van der Waals surface area (Å²) in [7, 11) is 0. The quantitative estimate of drug-likeness (QED) is 0.556. The minimum atomic E-state index is 0.288. The van der Waals surface area contributed by atoms with E-state index in [0.717, 1.165) is 0 Å². The molecule has 0 saturated carbocycles. The molecule has 0 spiro atoms. The van der Waals surface area contributed by atoms with Crippen LogP contribution in [-0.4, -0.2) is 0 Å². The van der Waals surface area contributed by atoms with E-state index in [2.05, 4.69) is 38.3 Å². The molecule has 56 valence electrons. The van der Waals surface area contributed by atoms with Gasteiger partial charge in [0.2, 0.25) is 0 Å². The Hall–Kier alpha value is -0.170. The van der Waals surface area contributed by atoms with Crippen LogP contribution in [0.1, 0.15) is 27.2 Å². The highest BCUT2D eigenvalue weighted by atomic mass is 32.2. The number of thioether (sulfide) groups is 1. The lowest BCUT2D eigenvalue weighted by Crippen LogP contribution is -2.05. The Morgan fingerprint density at radius 2 is 2.20 bits per heavy atom. The molecule has 10 heavy (non-hydrogen) atoms. The average Bonchev–Trinajstić information content (AvgIpc) is 1.86. The van der Waals surface area contributed by atoms with E-state index in [9.17, 15) is 0 Å². The molecule has 0 radical (unpaired) electrons. The van der Waals surface area contributed by atoms with Crippen LogP contribution in [0.3, 0.4) is 0 Å². The summed E-state index contributed by atoms with van der Waals surface area (Å²) in [4.78, 5) is 1.49. The van der Waals surface area contributed by atoms with E-state index in [0.29, 0.717) is 0 Å². The van der Waals surface area contributed by atoms with Crippen molar-refractivity contribution in [3.8, 4) is 0 Å². The van der Waals surface area contributed by atoms with E-state index in [-0.39, 0.29) is 5.41 Å². The van der Waals surface area contributed by atoms with Gasteiger partial charge in [0.15, 0.2) is 0 Å². The minimum Gasteiger partial charge on any atom is -0.103 e. The predicted octanol–water partition coefficient (Wildman–Crippen LogP) is 3.57. The Labute approximate surface area is 67.4 Å². The SMILES string of the molecule is CCC1=CC(C)(C)C=CS1. The highest BCUT2D eigenvalue weighted by molar-refractivity contribution is 8.05. The molecule has 0 aromatic heterocycles. The van der Waals surface area contributed by atoms with Crippen LogP contribution in [0.15, 0.2) is 22.5 Å². The lowest BCUT2D eigenvalue weighted by atomic mass is 9.93. The first kappa shape index (κ1) is 7.93. The van der Waals surface area contributed by atoms with E-state index in [1.54, 1.807) is 0 Å². The fraction of sp³-hybridized carbons (Fsp3) is 0.556. The van der Waals surface area contributed by atoms with Crippen molar-refractivity contribution in [3.05, 3.63) is 22.5 Å². The summed E-state index contributed by atoms with van der Waals surface area (Å²) in [5.74, 6) is 0. The molecule has 0 aliphatic carbocycles. The van der Waals surface area contributed by atoms with Crippen LogP contribution in [-0.2, 0) is 0 Å². The Morgan fingerprint density at radius 1 is 1.50 bits per heavy atom. The maximum absolute atomic E-state index is 2.34. The van der Waals surface area contributed by atoms with Gasteiger partial charge in [-0.3, -0.25) is 0 Å². The van der Waals surface area contributed by atoms with E-state index in [1.165, 1.54) is 11.3 Å². The predicted molar refractivity (Wildman–Crippen MR) is 48.9 cm³/mol. The molecule has 0 atom stereocenters. The molecule has 0 saturated heterocycles. The third kappa shape index (κ3) is 1.91. The van der Waals surface area contributed by atoms with Gasteiger partial charge in [-0.25, -0.2) is 0 Å². The minimum absolute atomic E-state index is 0.288. The lowest BCUT2D eigenvalue weighted by Gasteiger charge is -2.20. The van der Waals surface area contributed by atoms with Gasteiger partial charge >= 0.3 is 0 Å². The molecule has 1 heterocycles. The summed E-state index contributed by atoms with van der Waals surface area (Å²) in [6, 6.07) is 0. The maximum atomic E-state index is 2.34. The van der Waals surface area contributed by atoms with Gasteiger partial charge in [-0.15, -0.1) is 11.8 Å². The Balaban J connectivity index is 2.73. The van der Waals surface area contributed by atoms with Gasteiger partial charge in [0.1, 0.15) is 0 Å². The van der Waals surface area contributed by atoms with E-state index in [4.69, 9.17) is 0 Å². The molecule has 0 aromatic rings. The van der Waals surface area contributed by atoms with Crippen LogP contribution >= 0.6 is 11.8 Å². The van der Waals surface area contributed by atoms with Crippen molar-refractivity contribution in [1.29, 1.82) is 0 Å². The lowest BCUT2D eigenvalue weighted by molar-refractivity contribution is 0.621. The smallest absolute Gasteiger partial charge is 0.00236 e. The largest absolute Gasteiger partial charge is 0.103 e. The third-order valence-corrected chi connectivity index (χ3v) is 2.58. The summed E-state index contributed by atoms with van der Waals surface area (Å²) in [6.07, 6.45) is 5.76. The summed E-state index contributed by atoms with van der Waals surface area (Å²) in [5, 5.41) is 2.19. The molecule has 1 heteroatoms. The summed E-state index contributed by atoms with van der Waals surface area (Å²) in [6.45, 7) is 6.67. The molecule has 1 aliphatic heterocycles. The number of hydrogen-bond donors (Lipinski definition) is 0. The zero-order chi connectivity index (χ0) is 7.61. The van der Waals surface area contributed by atoms with Crippen molar-refractivity contribution >= 4 is 11.8 Å². The fourth-order valence-corrected chi connectivity index (χ4v) is 2.11. The van der Waals surface area contributed by atoms with Gasteiger partial charge in [-0.2, -0.15) is 0 Å². The van der Waals surface area contributed by atoms with Gasteiger partial charge in [-0.05, 0) is 16.7 Å². The van der Waals surface area contributed by atoms with Gasteiger partial charge < -0.3 is 0 Å². The molecule has 0 amide bonds. The Morgan fingerprint density at radius 3 is 2.60 bits per heavy atom. The molecule has 1 rings (SSSR count). The van der Waals surface area contributed by atoms with Crippen molar-refractivity contribution in [1.82, 2.24) is 0 Å². The fourth-order valence-electron chi connectivity index (χ4n) is 0.979. The number of hydrogen-bond acceptors (Lipinski definition) is 1. The van der Waals surface area contributed by atoms with Crippen molar-refractivity contribution in [3.63, 3.8) is 0 Å². The highest BCUT2D eigenvalue weighted by Crippen LogP contribution is 2.34. The summed E-state index contributed by atoms with van der Waals surface area (Å²) < 4.78 is 0. The Bertz CT molecular complexity index is 175. The number of rotatable bonds is 1. The molecule has 0 fully saturated rings. The molecule has 0 bridgehead atoms. The molecular weight excluding hydrogens is 140 g/mol. The van der Waals surface area contributed by atoms with Gasteiger partial charge in [0, 0.05) is 5.41 Å². The third-order valence-electron chi connectivity index (χ3n) is 1.60. The first-order valence-electron chi connectivity index (χ1n) is 3.70. The average molecular weight is 154 g/mol. The van der Waals surface area contributed by atoms with Crippen molar-refractivity contribution in [2.24, 2.45) is 5.41 Å².